The summed E-state index contributed by atoms with van der Waals surface area (Å²) in [6, 6.07) is 0.325. The van der Waals surface area contributed by atoms with Crippen LogP contribution in [0.25, 0.3) is 0 Å². The van der Waals surface area contributed by atoms with E-state index in [2.05, 4.69) is 29.4 Å². The number of nitrogens with zero attached hydrogens (tertiary/aromatic N) is 2. The van der Waals surface area contributed by atoms with Gasteiger partial charge in [0.1, 0.15) is 5.82 Å². The molecular weight excluding hydrogens is 236 g/mol. The van der Waals surface area contributed by atoms with Crippen LogP contribution in [0.1, 0.15) is 82.4 Å². The molecule has 0 aromatic carbocycles. The van der Waals surface area contributed by atoms with Crippen molar-refractivity contribution < 1.29 is 0 Å². The number of hydrogen-bond acceptors (Lipinski definition) is 3. The Morgan fingerprint density at radius 3 is 2.63 bits per heavy atom. The third-order valence-corrected chi connectivity index (χ3v) is 4.89. The molecule has 0 bridgehead atoms. The van der Waals surface area contributed by atoms with Crippen molar-refractivity contribution in [1.29, 1.82) is 0 Å². The second-order valence-corrected chi connectivity index (χ2v) is 6.89. The number of hydrogen-bond donors (Lipinski definition) is 2. The zero-order valence-corrected chi connectivity index (χ0v) is 12.2. The molecule has 2 aliphatic rings. The van der Waals surface area contributed by atoms with Crippen LogP contribution in [0, 0.1) is 5.41 Å². The molecule has 1 atom stereocenters. The predicted molar refractivity (Wildman–Crippen MR) is 76.0 cm³/mol. The Bertz CT molecular complexity index is 418. The summed E-state index contributed by atoms with van der Waals surface area (Å²) < 4.78 is 0. The lowest BCUT2D eigenvalue weighted by molar-refractivity contribution is 0.174. The Hall–Kier alpha value is -0.900. The number of H-pyrrole nitrogens is 1. The van der Waals surface area contributed by atoms with Gasteiger partial charge in [0.15, 0.2) is 5.82 Å². The van der Waals surface area contributed by atoms with Gasteiger partial charge in [0, 0.05) is 5.92 Å². The quantitative estimate of drug-likeness (QED) is 0.859. The minimum atomic E-state index is 0.265. The third kappa shape index (κ3) is 2.69. The number of piperidine rings is 1. The van der Waals surface area contributed by atoms with Crippen LogP contribution >= 0.6 is 0 Å². The van der Waals surface area contributed by atoms with Gasteiger partial charge < -0.3 is 5.32 Å². The summed E-state index contributed by atoms with van der Waals surface area (Å²) in [6.45, 7) is 5.74. The first-order valence-corrected chi connectivity index (χ1v) is 7.82. The highest BCUT2D eigenvalue weighted by atomic mass is 15.2. The lowest BCUT2D eigenvalue weighted by Gasteiger charge is -2.37. The lowest BCUT2D eigenvalue weighted by Crippen LogP contribution is -2.40. The number of nitrogens with one attached hydrogen (secondary N) is 2. The van der Waals surface area contributed by atoms with Gasteiger partial charge in [-0.25, -0.2) is 4.98 Å². The third-order valence-electron chi connectivity index (χ3n) is 4.89. The van der Waals surface area contributed by atoms with Crippen LogP contribution in [0.4, 0.5) is 0 Å². The van der Waals surface area contributed by atoms with E-state index in [0.29, 0.717) is 12.0 Å². The van der Waals surface area contributed by atoms with E-state index in [4.69, 9.17) is 4.98 Å². The van der Waals surface area contributed by atoms with Gasteiger partial charge in [-0.1, -0.05) is 33.1 Å². The van der Waals surface area contributed by atoms with E-state index in [1.54, 1.807) is 0 Å². The fraction of sp³-hybridized carbons (Fsp3) is 0.867. The summed E-state index contributed by atoms with van der Waals surface area (Å²) in [5, 5.41) is 11.3. The van der Waals surface area contributed by atoms with Gasteiger partial charge in [0.2, 0.25) is 0 Å². The Balaban J connectivity index is 1.76. The zero-order valence-electron chi connectivity index (χ0n) is 12.2. The van der Waals surface area contributed by atoms with E-state index in [9.17, 15) is 0 Å². The average molecular weight is 262 g/mol. The fourth-order valence-electron chi connectivity index (χ4n) is 3.64. The SMILES string of the molecule is CC1(C)CCCNC1c1nc(C2CCCCC2)n[nH]1. The topological polar surface area (TPSA) is 53.6 Å². The number of aromatic nitrogens is 3. The summed E-state index contributed by atoms with van der Waals surface area (Å²) in [5.74, 6) is 2.69. The van der Waals surface area contributed by atoms with E-state index in [1.165, 1.54) is 44.9 Å². The van der Waals surface area contributed by atoms with Gasteiger partial charge in [0.05, 0.1) is 6.04 Å². The standard InChI is InChI=1S/C15H26N4/c1-15(2)9-6-10-16-12(15)14-17-13(18-19-14)11-7-4-3-5-8-11/h11-12,16H,3-10H2,1-2H3,(H,17,18,19). The van der Waals surface area contributed by atoms with Crippen molar-refractivity contribution in [3.05, 3.63) is 11.6 Å². The summed E-state index contributed by atoms with van der Waals surface area (Å²) >= 11 is 0. The molecule has 4 heteroatoms. The zero-order chi connectivity index (χ0) is 13.3. The smallest absolute Gasteiger partial charge is 0.153 e. The maximum Gasteiger partial charge on any atom is 0.153 e. The van der Waals surface area contributed by atoms with Crippen molar-refractivity contribution in [1.82, 2.24) is 20.5 Å². The van der Waals surface area contributed by atoms with E-state index in [0.717, 1.165) is 18.2 Å². The van der Waals surface area contributed by atoms with Crippen molar-refractivity contribution in [3.8, 4) is 0 Å². The Kier molecular flexibility index (Phi) is 3.61. The second kappa shape index (κ2) is 5.23. The summed E-state index contributed by atoms with van der Waals surface area (Å²) in [7, 11) is 0. The molecule has 1 saturated carbocycles. The van der Waals surface area contributed by atoms with Gasteiger partial charge in [-0.2, -0.15) is 5.10 Å². The molecule has 1 aromatic heterocycles. The van der Waals surface area contributed by atoms with Gasteiger partial charge in [0.25, 0.3) is 0 Å². The minimum Gasteiger partial charge on any atom is -0.307 e. The van der Waals surface area contributed by atoms with Gasteiger partial charge in [-0.05, 0) is 37.6 Å². The maximum atomic E-state index is 4.82. The molecule has 19 heavy (non-hydrogen) atoms. The summed E-state index contributed by atoms with van der Waals surface area (Å²) in [6.07, 6.45) is 9.09. The largest absolute Gasteiger partial charge is 0.307 e. The van der Waals surface area contributed by atoms with Gasteiger partial charge >= 0.3 is 0 Å². The molecule has 2 N–H and O–H groups in total. The first-order valence-electron chi connectivity index (χ1n) is 7.82. The molecular formula is C15H26N4. The molecule has 2 heterocycles. The molecule has 0 radical (unpaired) electrons. The Morgan fingerprint density at radius 2 is 1.89 bits per heavy atom. The minimum absolute atomic E-state index is 0.265. The molecule has 2 fully saturated rings. The number of aromatic amines is 1. The highest BCUT2D eigenvalue weighted by Gasteiger charge is 2.35. The Morgan fingerprint density at radius 1 is 1.11 bits per heavy atom. The summed E-state index contributed by atoms with van der Waals surface area (Å²) in [5.41, 5.74) is 0.265. The maximum absolute atomic E-state index is 4.82. The van der Waals surface area contributed by atoms with Crippen LogP contribution in [0.15, 0.2) is 0 Å². The normalized spacial score (nSPS) is 28.4. The average Bonchev–Trinajstić information content (AvgIpc) is 2.88. The molecule has 0 spiro atoms. The van der Waals surface area contributed by atoms with Crippen molar-refractivity contribution in [2.75, 3.05) is 6.54 Å². The van der Waals surface area contributed by atoms with Crippen molar-refractivity contribution in [3.63, 3.8) is 0 Å². The first kappa shape index (κ1) is 13.1. The highest BCUT2D eigenvalue weighted by Crippen LogP contribution is 2.39. The van der Waals surface area contributed by atoms with Crippen molar-refractivity contribution in [2.24, 2.45) is 5.41 Å². The molecule has 3 rings (SSSR count). The Labute approximate surface area is 115 Å². The van der Waals surface area contributed by atoms with Crippen LogP contribution in [0.2, 0.25) is 0 Å². The van der Waals surface area contributed by atoms with E-state index in [-0.39, 0.29) is 5.41 Å². The summed E-state index contributed by atoms with van der Waals surface area (Å²) in [4.78, 5) is 4.82. The molecule has 106 valence electrons. The van der Waals surface area contributed by atoms with Crippen LogP contribution < -0.4 is 5.32 Å². The van der Waals surface area contributed by atoms with E-state index >= 15 is 0 Å². The predicted octanol–water partition coefficient (Wildman–Crippen LogP) is 3.30. The highest BCUT2D eigenvalue weighted by molar-refractivity contribution is 5.07. The fourth-order valence-corrected chi connectivity index (χ4v) is 3.64. The van der Waals surface area contributed by atoms with Crippen LogP contribution in [0.5, 0.6) is 0 Å². The van der Waals surface area contributed by atoms with E-state index < -0.39 is 0 Å². The molecule has 1 saturated heterocycles. The molecule has 1 aliphatic carbocycles. The molecule has 0 amide bonds. The molecule has 1 unspecified atom stereocenters. The van der Waals surface area contributed by atoms with Gasteiger partial charge in [-0.3, -0.25) is 5.10 Å². The van der Waals surface area contributed by atoms with Crippen molar-refractivity contribution in [2.45, 2.75) is 70.8 Å². The van der Waals surface area contributed by atoms with Crippen LogP contribution in [-0.4, -0.2) is 21.7 Å². The second-order valence-electron chi connectivity index (χ2n) is 6.89. The lowest BCUT2D eigenvalue weighted by atomic mass is 9.77. The van der Waals surface area contributed by atoms with Crippen molar-refractivity contribution >= 4 is 0 Å². The first-order chi connectivity index (χ1) is 9.17. The van der Waals surface area contributed by atoms with E-state index in [1.807, 2.05) is 0 Å². The monoisotopic (exact) mass is 262 g/mol. The number of rotatable bonds is 2. The molecule has 4 nitrogen and oxygen atoms in total. The van der Waals surface area contributed by atoms with Gasteiger partial charge in [-0.15, -0.1) is 0 Å². The van der Waals surface area contributed by atoms with Crippen LogP contribution in [-0.2, 0) is 0 Å². The molecule has 1 aromatic rings. The molecule has 1 aliphatic heterocycles. The van der Waals surface area contributed by atoms with Crippen LogP contribution in [0.3, 0.4) is 0 Å².